The number of anilines is 1. The summed E-state index contributed by atoms with van der Waals surface area (Å²) >= 11 is 0. The van der Waals surface area contributed by atoms with Crippen molar-refractivity contribution in [2.75, 3.05) is 18.4 Å². The molecule has 3 rings (SSSR count). The minimum Gasteiger partial charge on any atom is -0.386 e. The zero-order chi connectivity index (χ0) is 13.9. The Kier molecular flexibility index (Phi) is 3.74. The fourth-order valence-electron chi connectivity index (χ4n) is 3.14. The summed E-state index contributed by atoms with van der Waals surface area (Å²) in [7, 11) is 0. The van der Waals surface area contributed by atoms with E-state index < -0.39 is 0 Å². The number of hydrogen-bond acceptors (Lipinski definition) is 3. The first-order valence-corrected chi connectivity index (χ1v) is 7.32. The van der Waals surface area contributed by atoms with Crippen LogP contribution in [0.2, 0.25) is 0 Å². The van der Waals surface area contributed by atoms with Crippen LogP contribution in [-0.2, 0) is 4.79 Å². The van der Waals surface area contributed by atoms with Crippen LogP contribution in [0.3, 0.4) is 0 Å². The molecule has 0 aromatic heterocycles. The van der Waals surface area contributed by atoms with Crippen LogP contribution in [0.5, 0.6) is 0 Å². The number of amides is 1. The molecule has 1 aromatic carbocycles. The van der Waals surface area contributed by atoms with Crippen molar-refractivity contribution in [1.82, 2.24) is 10.6 Å². The quantitative estimate of drug-likeness (QED) is 0.769. The molecule has 1 aliphatic carbocycles. The summed E-state index contributed by atoms with van der Waals surface area (Å²) in [6.45, 7) is 4.04. The topological polar surface area (TPSA) is 53.2 Å². The van der Waals surface area contributed by atoms with E-state index >= 15 is 0 Å². The van der Waals surface area contributed by atoms with Gasteiger partial charge in [-0.05, 0) is 31.9 Å². The highest BCUT2D eigenvalue weighted by Gasteiger charge is 2.33. The maximum Gasteiger partial charge on any atom is 0.253 e. The van der Waals surface area contributed by atoms with Gasteiger partial charge in [-0.3, -0.25) is 4.79 Å². The van der Waals surface area contributed by atoms with Crippen molar-refractivity contribution in [3.63, 3.8) is 0 Å². The molecule has 0 spiro atoms. The van der Waals surface area contributed by atoms with Crippen LogP contribution >= 0.6 is 0 Å². The number of rotatable bonds is 2. The van der Waals surface area contributed by atoms with Crippen molar-refractivity contribution in [3.05, 3.63) is 41.6 Å². The van der Waals surface area contributed by atoms with Gasteiger partial charge in [0, 0.05) is 42.0 Å². The first kappa shape index (κ1) is 13.2. The zero-order valence-corrected chi connectivity index (χ0v) is 11.8. The highest BCUT2D eigenvalue weighted by Crippen LogP contribution is 2.34. The Bertz CT molecular complexity index is 524. The highest BCUT2D eigenvalue weighted by molar-refractivity contribution is 6.04. The van der Waals surface area contributed by atoms with Crippen LogP contribution < -0.4 is 16.0 Å². The van der Waals surface area contributed by atoms with Crippen LogP contribution in [0.15, 0.2) is 41.6 Å². The average Bonchev–Trinajstić information content (AvgIpc) is 2.80. The lowest BCUT2D eigenvalue weighted by molar-refractivity contribution is -0.113. The van der Waals surface area contributed by atoms with Gasteiger partial charge in [-0.25, -0.2) is 0 Å². The predicted octanol–water partition coefficient (Wildman–Crippen LogP) is 1.87. The number of carbonyl (C=O) groups excluding carboxylic acids is 1. The predicted molar refractivity (Wildman–Crippen MR) is 80.3 cm³/mol. The molecule has 2 aliphatic rings. The molecule has 1 amide bonds. The lowest BCUT2D eigenvalue weighted by Gasteiger charge is -2.19. The van der Waals surface area contributed by atoms with Crippen molar-refractivity contribution >= 4 is 11.6 Å². The second kappa shape index (κ2) is 5.67. The Balaban J connectivity index is 1.80. The lowest BCUT2D eigenvalue weighted by atomic mass is 9.98. The number of nitrogens with one attached hydrogen (secondary N) is 3. The van der Waals surface area contributed by atoms with Crippen molar-refractivity contribution in [1.29, 1.82) is 0 Å². The second-order valence-electron chi connectivity index (χ2n) is 5.53. The Morgan fingerprint density at radius 1 is 1.25 bits per heavy atom. The molecule has 1 heterocycles. The molecule has 3 N–H and O–H groups in total. The maximum absolute atomic E-state index is 12.5. The molecule has 20 heavy (non-hydrogen) atoms. The van der Waals surface area contributed by atoms with Gasteiger partial charge in [0.25, 0.3) is 5.91 Å². The SMILES string of the molecule is C[C@@H]1NCCNC2=C(C(=O)Nc3ccccc3)CC[C@@H]21. The van der Waals surface area contributed by atoms with E-state index in [2.05, 4.69) is 22.9 Å². The minimum absolute atomic E-state index is 0.0373. The van der Waals surface area contributed by atoms with Crippen LogP contribution in [-0.4, -0.2) is 25.0 Å². The van der Waals surface area contributed by atoms with Crippen molar-refractivity contribution in [3.8, 4) is 0 Å². The molecule has 4 heteroatoms. The van der Waals surface area contributed by atoms with Crippen LogP contribution in [0, 0.1) is 5.92 Å². The van der Waals surface area contributed by atoms with Gasteiger partial charge in [0.2, 0.25) is 0 Å². The number of para-hydroxylation sites is 1. The van der Waals surface area contributed by atoms with E-state index in [1.165, 1.54) is 0 Å². The highest BCUT2D eigenvalue weighted by atomic mass is 16.1. The fourth-order valence-corrected chi connectivity index (χ4v) is 3.14. The molecule has 1 fully saturated rings. The van der Waals surface area contributed by atoms with E-state index in [0.29, 0.717) is 12.0 Å². The molecule has 4 nitrogen and oxygen atoms in total. The molecule has 106 valence electrons. The van der Waals surface area contributed by atoms with Gasteiger partial charge in [-0.2, -0.15) is 0 Å². The van der Waals surface area contributed by atoms with E-state index in [1.807, 2.05) is 30.3 Å². The van der Waals surface area contributed by atoms with Gasteiger partial charge < -0.3 is 16.0 Å². The zero-order valence-electron chi connectivity index (χ0n) is 11.8. The van der Waals surface area contributed by atoms with Gasteiger partial charge in [0.05, 0.1) is 0 Å². The van der Waals surface area contributed by atoms with Crippen LogP contribution in [0.25, 0.3) is 0 Å². The number of carbonyl (C=O) groups is 1. The second-order valence-corrected chi connectivity index (χ2v) is 5.53. The number of fused-ring (bicyclic) bond motifs is 1. The Morgan fingerprint density at radius 3 is 2.85 bits per heavy atom. The van der Waals surface area contributed by atoms with Gasteiger partial charge in [0.1, 0.15) is 0 Å². The molecule has 1 saturated heterocycles. The van der Waals surface area contributed by atoms with E-state index in [1.54, 1.807) is 0 Å². The number of benzene rings is 1. The largest absolute Gasteiger partial charge is 0.386 e. The number of hydrogen-bond donors (Lipinski definition) is 3. The van der Waals surface area contributed by atoms with E-state index in [-0.39, 0.29) is 5.91 Å². The van der Waals surface area contributed by atoms with Gasteiger partial charge >= 0.3 is 0 Å². The average molecular weight is 271 g/mol. The molecule has 0 saturated carbocycles. The summed E-state index contributed by atoms with van der Waals surface area (Å²) in [6.07, 6.45) is 1.91. The molecule has 1 aromatic rings. The van der Waals surface area contributed by atoms with Crippen molar-refractivity contribution in [2.45, 2.75) is 25.8 Å². The fraction of sp³-hybridized carbons (Fsp3) is 0.438. The molecular formula is C16H21N3O. The van der Waals surface area contributed by atoms with Crippen LogP contribution in [0.1, 0.15) is 19.8 Å². The third-order valence-corrected chi connectivity index (χ3v) is 4.22. The first-order valence-electron chi connectivity index (χ1n) is 7.32. The third kappa shape index (κ3) is 2.56. The van der Waals surface area contributed by atoms with Gasteiger partial charge in [-0.15, -0.1) is 0 Å². The third-order valence-electron chi connectivity index (χ3n) is 4.22. The van der Waals surface area contributed by atoms with Crippen molar-refractivity contribution in [2.24, 2.45) is 5.92 Å². The molecule has 0 unspecified atom stereocenters. The van der Waals surface area contributed by atoms with Crippen LogP contribution in [0.4, 0.5) is 5.69 Å². The minimum atomic E-state index is 0.0373. The smallest absolute Gasteiger partial charge is 0.253 e. The summed E-state index contributed by atoms with van der Waals surface area (Å²) in [4.78, 5) is 12.5. The molecule has 2 atom stereocenters. The Hall–Kier alpha value is -1.81. The molecule has 0 bridgehead atoms. The van der Waals surface area contributed by atoms with E-state index in [0.717, 1.165) is 42.9 Å². The van der Waals surface area contributed by atoms with Crippen molar-refractivity contribution < 1.29 is 4.79 Å². The normalized spacial score (nSPS) is 25.6. The summed E-state index contributed by atoms with van der Waals surface area (Å²) in [5.74, 6) is 0.476. The summed E-state index contributed by atoms with van der Waals surface area (Å²) < 4.78 is 0. The van der Waals surface area contributed by atoms with E-state index in [9.17, 15) is 4.79 Å². The molecular weight excluding hydrogens is 250 g/mol. The summed E-state index contributed by atoms with van der Waals surface area (Å²) in [5.41, 5.74) is 2.93. The summed E-state index contributed by atoms with van der Waals surface area (Å²) in [5, 5.41) is 9.94. The standard InChI is InChI=1S/C16H21N3O/c1-11-13-7-8-14(15(13)18-10-9-17-11)16(20)19-12-5-3-2-4-6-12/h2-6,11,13,17-18H,7-10H2,1H3,(H,19,20)/t11-,13+/m0/s1. The Morgan fingerprint density at radius 2 is 2.05 bits per heavy atom. The first-order chi connectivity index (χ1) is 9.75. The lowest BCUT2D eigenvalue weighted by Crippen LogP contribution is -2.32. The summed E-state index contributed by atoms with van der Waals surface area (Å²) in [6, 6.07) is 10.1. The Labute approximate surface area is 119 Å². The monoisotopic (exact) mass is 271 g/mol. The maximum atomic E-state index is 12.5. The molecule has 0 radical (unpaired) electrons. The van der Waals surface area contributed by atoms with Gasteiger partial charge in [-0.1, -0.05) is 18.2 Å². The van der Waals surface area contributed by atoms with E-state index in [4.69, 9.17) is 0 Å². The molecule has 1 aliphatic heterocycles. The van der Waals surface area contributed by atoms with Gasteiger partial charge in [0.15, 0.2) is 0 Å².